The predicted molar refractivity (Wildman–Crippen MR) is 167 cm³/mol. The fourth-order valence-corrected chi connectivity index (χ4v) is 5.48. The minimum absolute atomic E-state index is 0.0290. The second kappa shape index (κ2) is 13.0. The molecule has 0 N–H and O–H groups in total. The molecule has 0 aromatic heterocycles. The van der Waals surface area contributed by atoms with Crippen molar-refractivity contribution < 1.29 is 28.6 Å². The van der Waals surface area contributed by atoms with Gasteiger partial charge in [-0.25, -0.2) is 9.59 Å². The van der Waals surface area contributed by atoms with Gasteiger partial charge in [0.05, 0.1) is 0 Å². The first-order valence-electron chi connectivity index (χ1n) is 14.9. The number of aryl methyl sites for hydroxylation is 3. The van der Waals surface area contributed by atoms with Gasteiger partial charge in [-0.15, -0.1) is 0 Å². The Hall–Kier alpha value is -4.13. The van der Waals surface area contributed by atoms with E-state index in [1.54, 1.807) is 30.9 Å². The number of benzene rings is 3. The first-order valence-corrected chi connectivity index (χ1v) is 14.9. The Kier molecular flexibility index (Phi) is 9.63. The van der Waals surface area contributed by atoms with E-state index in [4.69, 9.17) is 14.2 Å². The van der Waals surface area contributed by atoms with Crippen molar-refractivity contribution in [1.29, 1.82) is 0 Å². The van der Waals surface area contributed by atoms with Gasteiger partial charge in [0, 0.05) is 24.6 Å². The van der Waals surface area contributed by atoms with Crippen LogP contribution in [0, 0.1) is 25.7 Å². The van der Waals surface area contributed by atoms with Gasteiger partial charge in [0.25, 0.3) is 0 Å². The van der Waals surface area contributed by atoms with E-state index in [0.29, 0.717) is 30.2 Å². The van der Waals surface area contributed by atoms with Gasteiger partial charge in [0.15, 0.2) is 11.4 Å². The highest BCUT2D eigenvalue weighted by atomic mass is 16.6. The molecule has 0 saturated carbocycles. The number of hydrogen-bond donors (Lipinski definition) is 0. The van der Waals surface area contributed by atoms with E-state index in [2.05, 4.69) is 12.1 Å². The Morgan fingerprint density at radius 3 is 2.00 bits per heavy atom. The normalized spacial score (nSPS) is 17.0. The van der Waals surface area contributed by atoms with E-state index in [1.165, 1.54) is 0 Å². The highest BCUT2D eigenvalue weighted by Gasteiger charge is 2.40. The molecule has 1 heterocycles. The van der Waals surface area contributed by atoms with E-state index >= 15 is 0 Å². The molecule has 1 fully saturated rings. The van der Waals surface area contributed by atoms with Gasteiger partial charge in [0.1, 0.15) is 17.1 Å². The summed E-state index contributed by atoms with van der Waals surface area (Å²) < 4.78 is 17.4. The third-order valence-electron chi connectivity index (χ3n) is 7.61. The third-order valence-corrected chi connectivity index (χ3v) is 7.61. The Morgan fingerprint density at radius 2 is 1.42 bits per heavy atom. The van der Waals surface area contributed by atoms with Crippen LogP contribution in [0.1, 0.15) is 68.1 Å². The standard InChI is InChI=1S/C36H43NO6/c1-24-20-26(21-25(2)32(24)42-36(6,7)33(39)43-35(3,4)5)18-19-28-22-37(34(40)41-29-16-12-9-13-17-29)23-30(28)31(38)27-14-10-8-11-15-27/h8-17,20-21,28,30H,18-19,22-23H2,1-7H3/t28-,30?/m0/s1. The molecule has 0 bridgehead atoms. The van der Waals surface area contributed by atoms with Crippen molar-refractivity contribution in [2.75, 3.05) is 13.1 Å². The number of Topliss-reactive ketones (excluding diaryl/α,β-unsaturated/α-hetero) is 1. The van der Waals surface area contributed by atoms with Crippen molar-refractivity contribution in [3.63, 3.8) is 0 Å². The number of carbonyl (C=O) groups excluding carboxylic acids is 3. The molecule has 43 heavy (non-hydrogen) atoms. The number of esters is 1. The largest absolute Gasteiger partial charge is 0.476 e. The molecule has 7 heteroatoms. The van der Waals surface area contributed by atoms with Gasteiger partial charge in [-0.05, 0) is 96.0 Å². The molecule has 2 atom stereocenters. The first kappa shape index (κ1) is 31.8. The maximum absolute atomic E-state index is 13.6. The number of likely N-dealkylation sites (tertiary alicyclic amines) is 1. The Bertz CT molecular complexity index is 1420. The third kappa shape index (κ3) is 8.25. The minimum Gasteiger partial charge on any atom is -0.476 e. The van der Waals surface area contributed by atoms with Crippen molar-refractivity contribution in [3.05, 3.63) is 95.1 Å². The topological polar surface area (TPSA) is 82.1 Å². The zero-order valence-electron chi connectivity index (χ0n) is 26.3. The highest BCUT2D eigenvalue weighted by molar-refractivity contribution is 5.98. The van der Waals surface area contributed by atoms with Crippen LogP contribution >= 0.6 is 0 Å². The summed E-state index contributed by atoms with van der Waals surface area (Å²) in [7, 11) is 0. The summed E-state index contributed by atoms with van der Waals surface area (Å²) in [5.74, 6) is 0.399. The highest BCUT2D eigenvalue weighted by Crippen LogP contribution is 2.34. The molecule has 3 aromatic rings. The number of amides is 1. The second-order valence-corrected chi connectivity index (χ2v) is 12.9. The monoisotopic (exact) mass is 585 g/mol. The van der Waals surface area contributed by atoms with Crippen LogP contribution in [0.3, 0.4) is 0 Å². The molecule has 0 aliphatic carbocycles. The zero-order valence-corrected chi connectivity index (χ0v) is 26.3. The van der Waals surface area contributed by atoms with Crippen LogP contribution in [0.15, 0.2) is 72.8 Å². The lowest BCUT2D eigenvalue weighted by atomic mass is 9.84. The summed E-state index contributed by atoms with van der Waals surface area (Å²) in [5.41, 5.74) is 1.83. The summed E-state index contributed by atoms with van der Waals surface area (Å²) in [6.45, 7) is 13.6. The molecule has 1 unspecified atom stereocenters. The number of para-hydroxylation sites is 1. The minimum atomic E-state index is -1.16. The summed E-state index contributed by atoms with van der Waals surface area (Å²) in [4.78, 5) is 41.1. The number of hydrogen-bond acceptors (Lipinski definition) is 6. The summed E-state index contributed by atoms with van der Waals surface area (Å²) in [5, 5.41) is 0. The van der Waals surface area contributed by atoms with Gasteiger partial charge in [0.2, 0.25) is 0 Å². The molecular weight excluding hydrogens is 542 g/mol. The van der Waals surface area contributed by atoms with Crippen LogP contribution in [0.25, 0.3) is 0 Å². The molecule has 1 saturated heterocycles. The lowest BCUT2D eigenvalue weighted by Crippen LogP contribution is -2.43. The summed E-state index contributed by atoms with van der Waals surface area (Å²) >= 11 is 0. The molecule has 0 radical (unpaired) electrons. The average molecular weight is 586 g/mol. The fraction of sp³-hybridized carbons (Fsp3) is 0.417. The molecule has 1 aliphatic heterocycles. The Balaban J connectivity index is 1.48. The molecule has 3 aromatic carbocycles. The number of carbonyl (C=O) groups is 3. The maximum atomic E-state index is 13.6. The molecule has 1 amide bonds. The number of rotatable bonds is 9. The summed E-state index contributed by atoms with van der Waals surface area (Å²) in [6, 6.07) is 22.4. The fourth-order valence-electron chi connectivity index (χ4n) is 5.48. The molecule has 7 nitrogen and oxygen atoms in total. The van der Waals surface area contributed by atoms with Crippen molar-refractivity contribution in [2.45, 2.75) is 72.5 Å². The van der Waals surface area contributed by atoms with E-state index in [1.807, 2.05) is 83.1 Å². The number of nitrogens with zero attached hydrogens (tertiary/aromatic N) is 1. The van der Waals surface area contributed by atoms with Crippen LogP contribution in [0.4, 0.5) is 4.79 Å². The van der Waals surface area contributed by atoms with Gasteiger partial charge in [-0.2, -0.15) is 0 Å². The first-order chi connectivity index (χ1) is 20.2. The van der Waals surface area contributed by atoms with Gasteiger partial charge >= 0.3 is 12.1 Å². The van der Waals surface area contributed by atoms with Crippen LogP contribution in [0.5, 0.6) is 11.5 Å². The molecule has 4 rings (SSSR count). The SMILES string of the molecule is Cc1cc(CC[C@H]2CN(C(=O)Oc3ccccc3)CC2C(=O)c2ccccc2)cc(C)c1OC(C)(C)C(=O)OC(C)(C)C. The number of ketones is 1. The Morgan fingerprint density at radius 1 is 0.837 bits per heavy atom. The number of ether oxygens (including phenoxy) is 3. The van der Waals surface area contributed by atoms with Crippen molar-refractivity contribution in [1.82, 2.24) is 4.90 Å². The van der Waals surface area contributed by atoms with Gasteiger partial charge in [-0.3, -0.25) is 4.79 Å². The second-order valence-electron chi connectivity index (χ2n) is 12.9. The van der Waals surface area contributed by atoms with Crippen molar-refractivity contribution >= 4 is 17.8 Å². The van der Waals surface area contributed by atoms with E-state index in [-0.39, 0.29) is 17.6 Å². The molecule has 1 aliphatic rings. The van der Waals surface area contributed by atoms with Crippen LogP contribution in [-0.4, -0.2) is 47.0 Å². The quantitative estimate of drug-likeness (QED) is 0.193. The van der Waals surface area contributed by atoms with Gasteiger partial charge in [-0.1, -0.05) is 60.7 Å². The van der Waals surface area contributed by atoms with Crippen LogP contribution in [0.2, 0.25) is 0 Å². The maximum Gasteiger partial charge on any atom is 0.415 e. The van der Waals surface area contributed by atoms with E-state index in [0.717, 1.165) is 29.5 Å². The average Bonchev–Trinajstić information content (AvgIpc) is 3.38. The lowest BCUT2D eigenvalue weighted by Gasteiger charge is -2.30. The van der Waals surface area contributed by atoms with Crippen molar-refractivity contribution in [3.8, 4) is 11.5 Å². The van der Waals surface area contributed by atoms with Crippen LogP contribution in [-0.2, 0) is 16.0 Å². The molecule has 228 valence electrons. The van der Waals surface area contributed by atoms with Crippen molar-refractivity contribution in [2.24, 2.45) is 11.8 Å². The van der Waals surface area contributed by atoms with E-state index < -0.39 is 23.3 Å². The van der Waals surface area contributed by atoms with Crippen LogP contribution < -0.4 is 9.47 Å². The zero-order chi connectivity index (χ0) is 31.4. The van der Waals surface area contributed by atoms with Gasteiger partial charge < -0.3 is 19.1 Å². The van der Waals surface area contributed by atoms with E-state index in [9.17, 15) is 14.4 Å². The smallest absolute Gasteiger partial charge is 0.415 e. The summed E-state index contributed by atoms with van der Waals surface area (Å²) in [6.07, 6.45) is 1.00. The predicted octanol–water partition coefficient (Wildman–Crippen LogP) is 7.37. The molecule has 0 spiro atoms. The lowest BCUT2D eigenvalue weighted by molar-refractivity contribution is -0.171. The molecular formula is C36H43NO6. The Labute approximate surface area is 255 Å².